The Balaban J connectivity index is 2.26. The minimum absolute atomic E-state index is 0.129. The summed E-state index contributed by atoms with van der Waals surface area (Å²) in [6.07, 6.45) is -5.68. The van der Waals surface area contributed by atoms with Gasteiger partial charge in [-0.25, -0.2) is 0 Å². The maximum atomic E-state index is 10.0. The van der Waals surface area contributed by atoms with Crippen LogP contribution in [-0.2, 0) is 4.74 Å². The number of phenols is 1. The van der Waals surface area contributed by atoms with E-state index < -0.39 is 30.7 Å². The van der Waals surface area contributed by atoms with Gasteiger partial charge in [0.15, 0.2) is 0 Å². The smallest absolute Gasteiger partial charge is 0.229 e. The molecule has 1 saturated heterocycles. The molecular formula is C15H22O6. The Labute approximate surface area is 123 Å². The molecule has 2 rings (SSSR count). The van der Waals surface area contributed by atoms with E-state index in [1.165, 1.54) is 0 Å². The number of aliphatic hydroxyl groups excluding tert-OH is 3. The van der Waals surface area contributed by atoms with Crippen LogP contribution in [0, 0.1) is 20.8 Å². The Morgan fingerprint density at radius 3 is 2.24 bits per heavy atom. The fourth-order valence-corrected chi connectivity index (χ4v) is 2.36. The third-order valence-electron chi connectivity index (χ3n) is 4.07. The van der Waals surface area contributed by atoms with Crippen LogP contribution in [0.5, 0.6) is 11.5 Å². The molecule has 0 amide bonds. The molecule has 6 heteroatoms. The van der Waals surface area contributed by atoms with E-state index >= 15 is 0 Å². The van der Waals surface area contributed by atoms with Crippen molar-refractivity contribution < 1.29 is 29.9 Å². The van der Waals surface area contributed by atoms with Crippen LogP contribution in [0.3, 0.4) is 0 Å². The lowest BCUT2D eigenvalue weighted by molar-refractivity contribution is -0.268. The van der Waals surface area contributed by atoms with Crippen molar-refractivity contribution in [2.75, 3.05) is 0 Å². The van der Waals surface area contributed by atoms with Crippen molar-refractivity contribution in [3.8, 4) is 11.5 Å². The summed E-state index contributed by atoms with van der Waals surface area (Å²) in [4.78, 5) is 0. The lowest BCUT2D eigenvalue weighted by Gasteiger charge is -2.39. The predicted molar refractivity (Wildman–Crippen MR) is 75.3 cm³/mol. The Morgan fingerprint density at radius 1 is 1.00 bits per heavy atom. The van der Waals surface area contributed by atoms with Crippen molar-refractivity contribution in [3.05, 3.63) is 22.8 Å². The third kappa shape index (κ3) is 2.85. The molecule has 0 bridgehead atoms. The van der Waals surface area contributed by atoms with Gasteiger partial charge in [-0.3, -0.25) is 0 Å². The van der Waals surface area contributed by atoms with E-state index in [1.54, 1.807) is 26.8 Å². The molecular weight excluding hydrogens is 276 g/mol. The van der Waals surface area contributed by atoms with Crippen molar-refractivity contribution in [1.82, 2.24) is 0 Å². The van der Waals surface area contributed by atoms with E-state index in [9.17, 15) is 20.4 Å². The van der Waals surface area contributed by atoms with Gasteiger partial charge in [0.05, 0.1) is 6.10 Å². The van der Waals surface area contributed by atoms with Gasteiger partial charge >= 0.3 is 0 Å². The van der Waals surface area contributed by atoms with Gasteiger partial charge in [0.2, 0.25) is 6.29 Å². The van der Waals surface area contributed by atoms with E-state index in [-0.39, 0.29) is 5.75 Å². The zero-order chi connectivity index (χ0) is 15.9. The van der Waals surface area contributed by atoms with E-state index in [2.05, 4.69) is 0 Å². The second-order valence-electron chi connectivity index (χ2n) is 5.59. The molecule has 1 heterocycles. The first-order valence-electron chi connectivity index (χ1n) is 6.90. The number of rotatable bonds is 2. The highest BCUT2D eigenvalue weighted by molar-refractivity contribution is 5.51. The molecule has 0 aliphatic carbocycles. The van der Waals surface area contributed by atoms with Crippen molar-refractivity contribution in [1.29, 1.82) is 0 Å². The molecule has 118 valence electrons. The number of aryl methyl sites for hydroxylation is 1. The molecule has 6 nitrogen and oxygen atoms in total. The molecule has 21 heavy (non-hydrogen) atoms. The average molecular weight is 298 g/mol. The quantitative estimate of drug-likeness (QED) is 0.635. The van der Waals surface area contributed by atoms with Crippen molar-refractivity contribution in [3.63, 3.8) is 0 Å². The highest BCUT2D eigenvalue weighted by Crippen LogP contribution is 2.34. The number of ether oxygens (including phenoxy) is 2. The van der Waals surface area contributed by atoms with Gasteiger partial charge in [-0.15, -0.1) is 0 Å². The van der Waals surface area contributed by atoms with Crippen LogP contribution in [0.15, 0.2) is 6.07 Å². The van der Waals surface area contributed by atoms with Gasteiger partial charge in [-0.05, 0) is 44.9 Å². The molecule has 1 aliphatic rings. The lowest BCUT2D eigenvalue weighted by Crippen LogP contribution is -2.58. The van der Waals surface area contributed by atoms with Crippen LogP contribution in [-0.4, -0.2) is 51.1 Å². The van der Waals surface area contributed by atoms with Gasteiger partial charge in [0, 0.05) is 5.56 Å². The van der Waals surface area contributed by atoms with Gasteiger partial charge in [0.25, 0.3) is 0 Å². The summed E-state index contributed by atoms with van der Waals surface area (Å²) in [6, 6.07) is 1.74. The minimum Gasteiger partial charge on any atom is -0.507 e. The van der Waals surface area contributed by atoms with Crippen molar-refractivity contribution >= 4 is 0 Å². The molecule has 5 atom stereocenters. The molecule has 1 fully saturated rings. The normalized spacial score (nSPS) is 33.0. The molecule has 0 spiro atoms. The van der Waals surface area contributed by atoms with Crippen LogP contribution in [0.1, 0.15) is 23.6 Å². The second-order valence-corrected chi connectivity index (χ2v) is 5.59. The van der Waals surface area contributed by atoms with Gasteiger partial charge < -0.3 is 29.9 Å². The summed E-state index contributed by atoms with van der Waals surface area (Å²) >= 11 is 0. The summed E-state index contributed by atoms with van der Waals surface area (Å²) in [5.41, 5.74) is 2.13. The van der Waals surface area contributed by atoms with Gasteiger partial charge in [0.1, 0.15) is 29.8 Å². The predicted octanol–water partition coefficient (Wildman–Crippen LogP) is 0.524. The second kappa shape index (κ2) is 5.81. The fourth-order valence-electron chi connectivity index (χ4n) is 2.36. The third-order valence-corrected chi connectivity index (χ3v) is 4.07. The Morgan fingerprint density at radius 2 is 1.62 bits per heavy atom. The number of hydrogen-bond donors (Lipinski definition) is 4. The van der Waals surface area contributed by atoms with Crippen LogP contribution in [0.25, 0.3) is 0 Å². The van der Waals surface area contributed by atoms with E-state index in [1.807, 2.05) is 6.92 Å². The highest BCUT2D eigenvalue weighted by atomic mass is 16.7. The maximum absolute atomic E-state index is 10.0. The Bertz CT molecular complexity index is 529. The minimum atomic E-state index is -1.38. The van der Waals surface area contributed by atoms with Crippen LogP contribution < -0.4 is 4.74 Å². The van der Waals surface area contributed by atoms with Crippen LogP contribution in [0.2, 0.25) is 0 Å². The maximum Gasteiger partial charge on any atom is 0.229 e. The summed E-state index contributed by atoms with van der Waals surface area (Å²) in [5, 5.41) is 39.4. The van der Waals surface area contributed by atoms with E-state index in [0.717, 1.165) is 11.1 Å². The molecule has 0 aromatic heterocycles. The number of aromatic hydroxyl groups is 1. The molecule has 1 aromatic rings. The van der Waals surface area contributed by atoms with Gasteiger partial charge in [-0.1, -0.05) is 0 Å². The van der Waals surface area contributed by atoms with Crippen LogP contribution in [0.4, 0.5) is 0 Å². The number of aliphatic hydroxyl groups is 3. The lowest BCUT2D eigenvalue weighted by atomic mass is 10.00. The van der Waals surface area contributed by atoms with Crippen molar-refractivity contribution in [2.24, 2.45) is 0 Å². The molecule has 1 aromatic carbocycles. The summed E-state index contributed by atoms with van der Waals surface area (Å²) in [7, 11) is 0. The SMILES string of the molecule is Cc1cc(O[C@@H]2O[C@@H](C)[C@H](O)[C@@H](O)[C@H]2O)c(C)c(O)c1C. The van der Waals surface area contributed by atoms with Gasteiger partial charge in [-0.2, -0.15) is 0 Å². The number of benzene rings is 1. The Kier molecular flexibility index (Phi) is 4.43. The number of hydrogen-bond acceptors (Lipinski definition) is 6. The average Bonchev–Trinajstić information content (AvgIpc) is 2.45. The zero-order valence-corrected chi connectivity index (χ0v) is 12.6. The molecule has 1 aliphatic heterocycles. The molecule has 0 unspecified atom stereocenters. The summed E-state index contributed by atoms with van der Waals surface area (Å²) in [5.74, 6) is 0.499. The van der Waals surface area contributed by atoms with E-state index in [0.29, 0.717) is 11.3 Å². The number of phenolic OH excluding ortho intramolecular Hbond substituents is 1. The first-order valence-corrected chi connectivity index (χ1v) is 6.90. The monoisotopic (exact) mass is 298 g/mol. The summed E-state index contributed by atoms with van der Waals surface area (Å²) < 4.78 is 11.0. The first kappa shape index (κ1) is 16.0. The summed E-state index contributed by atoms with van der Waals surface area (Å²) in [6.45, 7) is 6.91. The largest absolute Gasteiger partial charge is 0.507 e. The molecule has 4 N–H and O–H groups in total. The van der Waals surface area contributed by atoms with Crippen molar-refractivity contribution in [2.45, 2.75) is 58.4 Å². The molecule has 0 radical (unpaired) electrons. The topological polar surface area (TPSA) is 99.4 Å². The standard InChI is InChI=1S/C15H22O6/c1-6-5-10(8(3)11(16)7(6)2)21-15-14(19)13(18)12(17)9(4)20-15/h5,9,12-19H,1-4H3/t9-,12-,13+,14+,15-/m0/s1. The highest BCUT2D eigenvalue weighted by Gasteiger charge is 2.43. The first-order chi connectivity index (χ1) is 9.73. The fraction of sp³-hybridized carbons (Fsp3) is 0.600. The van der Waals surface area contributed by atoms with E-state index in [4.69, 9.17) is 9.47 Å². The zero-order valence-electron chi connectivity index (χ0n) is 12.6. The van der Waals surface area contributed by atoms with Crippen LogP contribution >= 0.6 is 0 Å². The Hall–Kier alpha value is -1.34. The molecule has 0 saturated carbocycles.